The van der Waals surface area contributed by atoms with Gasteiger partial charge in [-0.3, -0.25) is 0 Å². The van der Waals surface area contributed by atoms with Crippen LogP contribution in [0, 0.1) is 6.92 Å². The van der Waals surface area contributed by atoms with Crippen molar-refractivity contribution in [3.63, 3.8) is 0 Å². The summed E-state index contributed by atoms with van der Waals surface area (Å²) < 4.78 is 1.78. The predicted octanol–water partition coefficient (Wildman–Crippen LogP) is 2.62. The van der Waals surface area contributed by atoms with Crippen LogP contribution in [-0.4, -0.2) is 25.8 Å². The van der Waals surface area contributed by atoms with E-state index in [0.29, 0.717) is 12.0 Å². The normalized spacial score (nSPS) is 11.4. The van der Waals surface area contributed by atoms with Crippen molar-refractivity contribution in [1.82, 2.24) is 25.1 Å². The lowest BCUT2D eigenvalue weighted by Crippen LogP contribution is -2.22. The van der Waals surface area contributed by atoms with Gasteiger partial charge in [0.25, 0.3) is 5.95 Å². The number of rotatable bonds is 4. The molecular formula is C16H19N5. The van der Waals surface area contributed by atoms with E-state index in [2.05, 4.69) is 34.2 Å². The number of aromatic nitrogens is 4. The van der Waals surface area contributed by atoms with Gasteiger partial charge in [-0.1, -0.05) is 32.0 Å². The lowest BCUT2D eigenvalue weighted by atomic mass is 10.2. The summed E-state index contributed by atoms with van der Waals surface area (Å²) in [5, 5.41) is 8.86. The maximum absolute atomic E-state index is 4.59. The monoisotopic (exact) mass is 281 g/mol. The second kappa shape index (κ2) is 5.61. The molecule has 2 heterocycles. The number of fused-ring (bicyclic) bond motifs is 1. The molecule has 0 fully saturated rings. The molecule has 0 saturated heterocycles. The molecule has 2 aromatic heterocycles. The van der Waals surface area contributed by atoms with E-state index < -0.39 is 0 Å². The van der Waals surface area contributed by atoms with Gasteiger partial charge in [0, 0.05) is 35.4 Å². The molecule has 3 aromatic rings. The van der Waals surface area contributed by atoms with Gasteiger partial charge in [-0.2, -0.15) is 9.78 Å². The standard InChI is InChI=1S/C16H19N5/c1-11(2)17-8-14-9-18-16(20-12(14)3)21-15-7-5-4-6-13(15)10-19-21/h4-7,9-11,17H,8H2,1-3H3. The van der Waals surface area contributed by atoms with E-state index in [-0.39, 0.29) is 0 Å². The fraction of sp³-hybridized carbons (Fsp3) is 0.312. The van der Waals surface area contributed by atoms with Gasteiger partial charge in [-0.25, -0.2) is 9.97 Å². The SMILES string of the molecule is Cc1nc(-n2ncc3ccccc32)ncc1CNC(C)C. The highest BCUT2D eigenvalue weighted by Crippen LogP contribution is 2.16. The molecule has 0 radical (unpaired) electrons. The Bertz CT molecular complexity index is 760. The van der Waals surface area contributed by atoms with Gasteiger partial charge in [0.1, 0.15) is 0 Å². The molecule has 3 rings (SSSR count). The van der Waals surface area contributed by atoms with Crippen LogP contribution in [0.25, 0.3) is 16.9 Å². The number of nitrogens with one attached hydrogen (secondary N) is 1. The number of hydrogen-bond acceptors (Lipinski definition) is 4. The molecule has 1 aromatic carbocycles. The third kappa shape index (κ3) is 2.78. The van der Waals surface area contributed by atoms with E-state index in [1.165, 1.54) is 0 Å². The molecule has 21 heavy (non-hydrogen) atoms. The second-order valence-electron chi connectivity index (χ2n) is 5.43. The van der Waals surface area contributed by atoms with Crippen LogP contribution in [0.5, 0.6) is 0 Å². The van der Waals surface area contributed by atoms with Gasteiger partial charge >= 0.3 is 0 Å². The van der Waals surface area contributed by atoms with Crippen molar-refractivity contribution in [2.45, 2.75) is 33.4 Å². The number of nitrogens with zero attached hydrogens (tertiary/aromatic N) is 4. The third-order valence-electron chi connectivity index (χ3n) is 3.44. The van der Waals surface area contributed by atoms with E-state index >= 15 is 0 Å². The van der Waals surface area contributed by atoms with Crippen LogP contribution in [-0.2, 0) is 6.54 Å². The van der Waals surface area contributed by atoms with Crippen molar-refractivity contribution in [2.75, 3.05) is 0 Å². The highest BCUT2D eigenvalue weighted by Gasteiger charge is 2.09. The van der Waals surface area contributed by atoms with Crippen molar-refractivity contribution < 1.29 is 0 Å². The molecule has 108 valence electrons. The molecule has 0 atom stereocenters. The summed E-state index contributed by atoms with van der Waals surface area (Å²) in [5.74, 6) is 0.613. The lowest BCUT2D eigenvalue weighted by molar-refractivity contribution is 0.584. The zero-order valence-corrected chi connectivity index (χ0v) is 12.5. The van der Waals surface area contributed by atoms with Crippen molar-refractivity contribution in [3.8, 4) is 5.95 Å². The van der Waals surface area contributed by atoms with Gasteiger partial charge in [-0.05, 0) is 13.0 Å². The predicted molar refractivity (Wildman–Crippen MR) is 83.4 cm³/mol. The van der Waals surface area contributed by atoms with E-state index in [1.54, 1.807) is 4.68 Å². The first kappa shape index (κ1) is 13.7. The fourth-order valence-corrected chi connectivity index (χ4v) is 2.20. The molecule has 0 amide bonds. The van der Waals surface area contributed by atoms with Crippen molar-refractivity contribution in [2.24, 2.45) is 0 Å². The van der Waals surface area contributed by atoms with Crippen LogP contribution < -0.4 is 5.32 Å². The van der Waals surface area contributed by atoms with Crippen LogP contribution in [0.4, 0.5) is 0 Å². The van der Waals surface area contributed by atoms with Gasteiger partial charge in [0.2, 0.25) is 0 Å². The van der Waals surface area contributed by atoms with E-state index in [4.69, 9.17) is 0 Å². The third-order valence-corrected chi connectivity index (χ3v) is 3.44. The molecule has 0 spiro atoms. The minimum atomic E-state index is 0.444. The van der Waals surface area contributed by atoms with Gasteiger partial charge in [0.05, 0.1) is 11.7 Å². The summed E-state index contributed by atoms with van der Waals surface area (Å²) >= 11 is 0. The largest absolute Gasteiger partial charge is 0.310 e. The molecule has 0 aliphatic heterocycles. The first-order valence-electron chi connectivity index (χ1n) is 7.14. The molecule has 0 aliphatic rings. The number of hydrogen-bond donors (Lipinski definition) is 1. The molecule has 1 N–H and O–H groups in total. The lowest BCUT2D eigenvalue weighted by Gasteiger charge is -2.10. The van der Waals surface area contributed by atoms with Gasteiger partial charge in [-0.15, -0.1) is 0 Å². The minimum absolute atomic E-state index is 0.444. The Morgan fingerprint density at radius 2 is 2.00 bits per heavy atom. The fourth-order valence-electron chi connectivity index (χ4n) is 2.20. The minimum Gasteiger partial charge on any atom is -0.310 e. The summed E-state index contributed by atoms with van der Waals surface area (Å²) in [6, 6.07) is 8.50. The summed E-state index contributed by atoms with van der Waals surface area (Å²) in [7, 11) is 0. The molecule has 0 unspecified atom stereocenters. The zero-order valence-electron chi connectivity index (χ0n) is 12.5. The van der Waals surface area contributed by atoms with Crippen LogP contribution in [0.15, 0.2) is 36.7 Å². The molecule has 5 nitrogen and oxygen atoms in total. The highest BCUT2D eigenvalue weighted by atomic mass is 15.3. The maximum atomic E-state index is 4.59. The van der Waals surface area contributed by atoms with Crippen LogP contribution >= 0.6 is 0 Å². The first-order valence-corrected chi connectivity index (χ1v) is 7.14. The molecule has 5 heteroatoms. The summed E-state index contributed by atoms with van der Waals surface area (Å²) in [6.45, 7) is 7.04. The Morgan fingerprint density at radius 3 is 2.76 bits per heavy atom. The Labute approximate surface area is 124 Å². The number of para-hydroxylation sites is 1. The van der Waals surface area contributed by atoms with Crippen LogP contribution in [0.2, 0.25) is 0 Å². The number of benzene rings is 1. The molecule has 0 aliphatic carbocycles. The summed E-state index contributed by atoms with van der Waals surface area (Å²) in [4.78, 5) is 9.05. The van der Waals surface area contributed by atoms with E-state index in [9.17, 15) is 0 Å². The Morgan fingerprint density at radius 1 is 1.19 bits per heavy atom. The van der Waals surface area contributed by atoms with Crippen molar-refractivity contribution >= 4 is 10.9 Å². The summed E-state index contributed by atoms with van der Waals surface area (Å²) in [5.41, 5.74) is 3.11. The molecular weight excluding hydrogens is 262 g/mol. The average molecular weight is 281 g/mol. The maximum Gasteiger partial charge on any atom is 0.251 e. The number of aryl methyl sites for hydroxylation is 1. The quantitative estimate of drug-likeness (QED) is 0.798. The molecule has 0 bridgehead atoms. The van der Waals surface area contributed by atoms with Crippen LogP contribution in [0.3, 0.4) is 0 Å². The Hall–Kier alpha value is -2.27. The first-order chi connectivity index (χ1) is 10.1. The van der Waals surface area contributed by atoms with Gasteiger partial charge in [0.15, 0.2) is 0 Å². The topological polar surface area (TPSA) is 55.6 Å². The van der Waals surface area contributed by atoms with Crippen LogP contribution in [0.1, 0.15) is 25.1 Å². The summed E-state index contributed by atoms with van der Waals surface area (Å²) in [6.07, 6.45) is 3.71. The smallest absolute Gasteiger partial charge is 0.251 e. The second-order valence-corrected chi connectivity index (χ2v) is 5.43. The van der Waals surface area contributed by atoms with E-state index in [0.717, 1.165) is 28.7 Å². The Kier molecular flexibility index (Phi) is 3.66. The van der Waals surface area contributed by atoms with Crippen molar-refractivity contribution in [3.05, 3.63) is 47.9 Å². The van der Waals surface area contributed by atoms with Crippen molar-refractivity contribution in [1.29, 1.82) is 0 Å². The molecule has 0 saturated carbocycles. The average Bonchev–Trinajstić information content (AvgIpc) is 2.89. The Balaban J connectivity index is 1.95. The highest BCUT2D eigenvalue weighted by molar-refractivity contribution is 5.79. The van der Waals surface area contributed by atoms with E-state index in [1.807, 2.05) is 43.6 Å². The van der Waals surface area contributed by atoms with Gasteiger partial charge < -0.3 is 5.32 Å². The zero-order chi connectivity index (χ0) is 14.8.